The maximum Gasteiger partial charge on any atom is 0.384 e. The van der Waals surface area contributed by atoms with Crippen molar-refractivity contribution in [1.82, 2.24) is 0 Å². The zero-order valence-corrected chi connectivity index (χ0v) is 8.49. The molecule has 0 N–H and O–H groups in total. The molecule has 1 aromatic carbocycles. The van der Waals surface area contributed by atoms with Crippen molar-refractivity contribution in [1.29, 1.82) is 0 Å². The van der Waals surface area contributed by atoms with Gasteiger partial charge in [-0.2, -0.15) is 26.3 Å². The minimum atomic E-state index is -5.49. The Labute approximate surface area is 96.0 Å². The van der Waals surface area contributed by atoms with Crippen LogP contribution in [-0.2, 0) is 11.8 Å². The largest absolute Gasteiger partial charge is 0.454 e. The van der Waals surface area contributed by atoms with Crippen LogP contribution in [0.1, 0.15) is 11.3 Å². The summed E-state index contributed by atoms with van der Waals surface area (Å²) in [5.41, 5.74) is -1.69. The van der Waals surface area contributed by atoms with E-state index in [2.05, 4.69) is 4.42 Å². The number of halogens is 6. The van der Waals surface area contributed by atoms with Gasteiger partial charge in [-0.25, -0.2) is 0 Å². The normalized spacial score (nSPS) is 23.2. The van der Waals surface area contributed by atoms with Crippen LogP contribution in [0.2, 0.25) is 0 Å². The van der Waals surface area contributed by atoms with Gasteiger partial charge in [0, 0.05) is 5.39 Å². The van der Waals surface area contributed by atoms with Crippen LogP contribution in [0.15, 0.2) is 28.7 Å². The summed E-state index contributed by atoms with van der Waals surface area (Å²) in [6.07, 6.45) is 0. The lowest BCUT2D eigenvalue weighted by molar-refractivity contribution is -0.305. The van der Waals surface area contributed by atoms with E-state index in [1.54, 1.807) is 0 Å². The van der Waals surface area contributed by atoms with Gasteiger partial charge in [-0.15, -0.1) is 0 Å². The second-order valence-electron chi connectivity index (χ2n) is 4.03. The third kappa shape index (κ3) is 0.968. The van der Waals surface area contributed by atoms with Crippen molar-refractivity contribution in [3.8, 4) is 0 Å². The Bertz CT molecular complexity index is 642. The van der Waals surface area contributed by atoms with E-state index >= 15 is 0 Å². The second kappa shape index (κ2) is 2.84. The fourth-order valence-corrected chi connectivity index (χ4v) is 2.08. The summed E-state index contributed by atoms with van der Waals surface area (Å²) in [6, 6.07) is 4.86. The molecule has 7 heteroatoms. The average molecular weight is 266 g/mol. The van der Waals surface area contributed by atoms with Crippen molar-refractivity contribution in [3.63, 3.8) is 0 Å². The van der Waals surface area contributed by atoms with Crippen molar-refractivity contribution in [2.75, 3.05) is 0 Å². The minimum absolute atomic E-state index is 0.266. The molecule has 0 saturated carbocycles. The lowest BCUT2D eigenvalue weighted by Crippen LogP contribution is -2.43. The van der Waals surface area contributed by atoms with E-state index in [4.69, 9.17) is 0 Å². The first-order valence-corrected chi connectivity index (χ1v) is 4.87. The fraction of sp³-hybridized carbons (Fsp3) is 0.273. The summed E-state index contributed by atoms with van der Waals surface area (Å²) in [5.74, 6) is -17.1. The van der Waals surface area contributed by atoms with Crippen molar-refractivity contribution < 1.29 is 30.8 Å². The van der Waals surface area contributed by atoms with Gasteiger partial charge in [0.25, 0.3) is 0 Å². The first-order valence-electron chi connectivity index (χ1n) is 4.87. The van der Waals surface area contributed by atoms with Crippen LogP contribution in [0.5, 0.6) is 0 Å². The Morgan fingerprint density at radius 1 is 0.833 bits per heavy atom. The Balaban J connectivity index is 2.46. The summed E-state index contributed by atoms with van der Waals surface area (Å²) >= 11 is 0. The highest BCUT2D eigenvalue weighted by molar-refractivity contribution is 5.84. The predicted octanol–water partition coefficient (Wildman–Crippen LogP) is 4.27. The molecule has 0 saturated heterocycles. The van der Waals surface area contributed by atoms with Crippen molar-refractivity contribution in [2.45, 2.75) is 17.8 Å². The van der Waals surface area contributed by atoms with Crippen molar-refractivity contribution in [2.24, 2.45) is 0 Å². The van der Waals surface area contributed by atoms with Gasteiger partial charge >= 0.3 is 17.8 Å². The number of alkyl halides is 6. The van der Waals surface area contributed by atoms with Crippen LogP contribution in [0.25, 0.3) is 11.0 Å². The van der Waals surface area contributed by atoms with E-state index in [0.717, 1.165) is 12.1 Å². The molecule has 0 radical (unpaired) electrons. The van der Waals surface area contributed by atoms with E-state index in [1.165, 1.54) is 12.1 Å². The third-order valence-corrected chi connectivity index (χ3v) is 2.98. The molecule has 0 amide bonds. The molecule has 1 aliphatic carbocycles. The Morgan fingerprint density at radius 3 is 2.11 bits per heavy atom. The molecule has 3 rings (SSSR count). The molecule has 0 unspecified atom stereocenters. The molecule has 1 aromatic heterocycles. The first kappa shape index (κ1) is 11.4. The quantitative estimate of drug-likeness (QED) is 0.649. The zero-order valence-electron chi connectivity index (χ0n) is 8.49. The summed E-state index contributed by atoms with van der Waals surface area (Å²) in [4.78, 5) is 0. The smallest absolute Gasteiger partial charge is 0.384 e. The van der Waals surface area contributed by atoms with Gasteiger partial charge in [0.2, 0.25) is 0 Å². The minimum Gasteiger partial charge on any atom is -0.454 e. The highest BCUT2D eigenvalue weighted by Gasteiger charge is 2.81. The number of fused-ring (bicyclic) bond motifs is 3. The molecule has 0 fully saturated rings. The number of furan rings is 1. The van der Waals surface area contributed by atoms with Crippen LogP contribution in [-0.4, -0.2) is 5.92 Å². The molecule has 1 heterocycles. The maximum atomic E-state index is 13.5. The summed E-state index contributed by atoms with van der Waals surface area (Å²) in [6.45, 7) is 0. The highest BCUT2D eigenvalue weighted by atomic mass is 19.3. The number of para-hydroxylation sites is 1. The average Bonchev–Trinajstić information content (AvgIpc) is 2.71. The topological polar surface area (TPSA) is 13.1 Å². The molecule has 18 heavy (non-hydrogen) atoms. The van der Waals surface area contributed by atoms with Gasteiger partial charge in [-0.05, 0) is 6.07 Å². The summed E-state index contributed by atoms with van der Waals surface area (Å²) < 4.78 is 84.3. The van der Waals surface area contributed by atoms with Crippen LogP contribution in [0, 0.1) is 0 Å². The van der Waals surface area contributed by atoms with E-state index in [-0.39, 0.29) is 5.58 Å². The Morgan fingerprint density at radius 2 is 1.44 bits per heavy atom. The van der Waals surface area contributed by atoms with E-state index in [1.807, 2.05) is 0 Å². The van der Waals surface area contributed by atoms with Crippen molar-refractivity contribution in [3.05, 3.63) is 35.6 Å². The van der Waals surface area contributed by atoms with Gasteiger partial charge in [-0.1, -0.05) is 18.2 Å². The van der Waals surface area contributed by atoms with E-state index in [0.29, 0.717) is 0 Å². The maximum absolute atomic E-state index is 13.5. The Hall–Kier alpha value is -1.66. The summed E-state index contributed by atoms with van der Waals surface area (Å²) in [5, 5.41) is -0.422. The van der Waals surface area contributed by atoms with Crippen LogP contribution >= 0.6 is 0 Å². The summed E-state index contributed by atoms with van der Waals surface area (Å²) in [7, 11) is 0. The number of benzene rings is 1. The number of rotatable bonds is 0. The first-order chi connectivity index (χ1) is 8.21. The fourth-order valence-electron chi connectivity index (χ4n) is 2.08. The second-order valence-corrected chi connectivity index (χ2v) is 4.03. The van der Waals surface area contributed by atoms with Crippen LogP contribution in [0.4, 0.5) is 26.3 Å². The highest BCUT2D eigenvalue weighted by Crippen LogP contribution is 2.64. The van der Waals surface area contributed by atoms with Gasteiger partial charge < -0.3 is 4.42 Å². The SMILES string of the molecule is FC1(F)c2oc3ccccc3c2C(F)(F)C1(F)F. The standard InChI is InChI=1S/C11H4F6O/c12-9(13)7-5-3-1-2-4-6(5)18-8(7)10(14,15)11(9,16)17/h1-4H. The van der Waals surface area contributed by atoms with Gasteiger partial charge in [0.15, 0.2) is 5.76 Å². The van der Waals surface area contributed by atoms with E-state index < -0.39 is 34.5 Å². The lowest BCUT2D eigenvalue weighted by atomic mass is 10.1. The van der Waals surface area contributed by atoms with E-state index in [9.17, 15) is 26.3 Å². The molecule has 0 bridgehead atoms. The van der Waals surface area contributed by atoms with Crippen LogP contribution < -0.4 is 0 Å². The molecule has 1 aliphatic rings. The molecular weight excluding hydrogens is 262 g/mol. The molecule has 0 aliphatic heterocycles. The monoisotopic (exact) mass is 266 g/mol. The molecule has 0 spiro atoms. The third-order valence-electron chi connectivity index (χ3n) is 2.98. The molecule has 1 nitrogen and oxygen atoms in total. The Kier molecular flexibility index (Phi) is 1.80. The number of hydrogen-bond acceptors (Lipinski definition) is 1. The molecular formula is C11H4F6O. The van der Waals surface area contributed by atoms with Gasteiger partial charge in [0.05, 0.1) is 5.56 Å². The number of hydrogen-bond donors (Lipinski definition) is 0. The molecule has 2 aromatic rings. The lowest BCUT2D eigenvalue weighted by Gasteiger charge is -2.23. The molecule has 96 valence electrons. The predicted molar refractivity (Wildman–Crippen MR) is 48.9 cm³/mol. The van der Waals surface area contributed by atoms with Crippen molar-refractivity contribution >= 4 is 11.0 Å². The molecule has 0 atom stereocenters. The van der Waals surface area contributed by atoms with Gasteiger partial charge in [-0.3, -0.25) is 0 Å². The zero-order chi connectivity index (χ0) is 13.3. The van der Waals surface area contributed by atoms with Gasteiger partial charge in [0.1, 0.15) is 5.58 Å². The van der Waals surface area contributed by atoms with Crippen LogP contribution in [0.3, 0.4) is 0 Å².